The minimum atomic E-state index is -0.133. The minimum absolute atomic E-state index is 0.133. The summed E-state index contributed by atoms with van der Waals surface area (Å²) in [5.41, 5.74) is 2.20. The van der Waals surface area contributed by atoms with Gasteiger partial charge in [0.25, 0.3) is 0 Å². The molecule has 0 aliphatic heterocycles. The summed E-state index contributed by atoms with van der Waals surface area (Å²) in [6.45, 7) is 5.48. The van der Waals surface area contributed by atoms with Crippen molar-refractivity contribution in [2.45, 2.75) is 13.8 Å². The lowest BCUT2D eigenvalue weighted by molar-refractivity contribution is -0.116. The topological polar surface area (TPSA) is 47.6 Å². The number of carbonyl (C=O) groups excluding carboxylic acids is 1. The summed E-state index contributed by atoms with van der Waals surface area (Å²) in [4.78, 5) is 11.7. The van der Waals surface area contributed by atoms with Crippen LogP contribution in [-0.4, -0.2) is 25.7 Å². The molecule has 0 atom stereocenters. The van der Waals surface area contributed by atoms with Crippen LogP contribution in [-0.2, 0) is 4.79 Å². The van der Waals surface area contributed by atoms with Crippen LogP contribution in [0.1, 0.15) is 18.1 Å². The highest BCUT2D eigenvalue weighted by molar-refractivity contribution is 5.91. The van der Waals surface area contributed by atoms with Crippen molar-refractivity contribution in [3.05, 3.63) is 65.7 Å². The van der Waals surface area contributed by atoms with Crippen molar-refractivity contribution in [3.8, 4) is 11.5 Å². The molecular weight excluding hydrogens is 302 g/mol. The summed E-state index contributed by atoms with van der Waals surface area (Å²) in [5.74, 6) is 1.44. The molecule has 0 unspecified atom stereocenters. The lowest BCUT2D eigenvalue weighted by Gasteiger charge is -2.08. The number of benzene rings is 2. The molecule has 2 aromatic carbocycles. The minimum Gasteiger partial charge on any atom is -0.494 e. The summed E-state index contributed by atoms with van der Waals surface area (Å²) >= 11 is 0. The van der Waals surface area contributed by atoms with E-state index in [0.717, 1.165) is 17.1 Å². The Balaban J connectivity index is 1.67. The van der Waals surface area contributed by atoms with Gasteiger partial charge in [0.05, 0.1) is 13.2 Å². The van der Waals surface area contributed by atoms with Crippen LogP contribution in [0.25, 0.3) is 6.08 Å². The van der Waals surface area contributed by atoms with Crippen LogP contribution in [0, 0.1) is 6.92 Å². The van der Waals surface area contributed by atoms with Crippen LogP contribution in [0.4, 0.5) is 0 Å². The van der Waals surface area contributed by atoms with Gasteiger partial charge in [0.2, 0.25) is 5.91 Å². The molecule has 4 nitrogen and oxygen atoms in total. The predicted molar refractivity (Wildman–Crippen MR) is 96.3 cm³/mol. The number of amides is 1. The fourth-order valence-corrected chi connectivity index (χ4v) is 2.05. The Kier molecular flexibility index (Phi) is 6.90. The third kappa shape index (κ3) is 6.16. The molecule has 0 aromatic heterocycles. The van der Waals surface area contributed by atoms with Gasteiger partial charge >= 0.3 is 0 Å². The van der Waals surface area contributed by atoms with E-state index in [4.69, 9.17) is 9.47 Å². The van der Waals surface area contributed by atoms with E-state index in [1.54, 1.807) is 6.08 Å². The SMILES string of the molecule is CCOc1ccc(OCCNC(=O)/C=C/c2ccc(C)cc2)cc1. The molecule has 0 aliphatic carbocycles. The highest BCUT2D eigenvalue weighted by Crippen LogP contribution is 2.17. The first kappa shape index (κ1) is 17.6. The van der Waals surface area contributed by atoms with E-state index in [9.17, 15) is 4.79 Å². The second-order valence-corrected chi connectivity index (χ2v) is 5.29. The fourth-order valence-electron chi connectivity index (χ4n) is 2.05. The molecule has 24 heavy (non-hydrogen) atoms. The van der Waals surface area contributed by atoms with Crippen molar-refractivity contribution in [1.82, 2.24) is 5.32 Å². The maximum atomic E-state index is 11.7. The molecule has 0 fully saturated rings. The second kappa shape index (κ2) is 9.40. The number of rotatable bonds is 8. The summed E-state index contributed by atoms with van der Waals surface area (Å²) in [6.07, 6.45) is 3.32. The molecule has 0 bridgehead atoms. The van der Waals surface area contributed by atoms with Crippen LogP contribution in [0.15, 0.2) is 54.6 Å². The van der Waals surface area contributed by atoms with Crippen molar-refractivity contribution >= 4 is 12.0 Å². The quantitative estimate of drug-likeness (QED) is 0.596. The van der Waals surface area contributed by atoms with Gasteiger partial charge in [0.15, 0.2) is 0 Å². The van der Waals surface area contributed by atoms with Gasteiger partial charge in [-0.2, -0.15) is 0 Å². The van der Waals surface area contributed by atoms with Gasteiger partial charge in [-0.05, 0) is 49.8 Å². The van der Waals surface area contributed by atoms with Crippen molar-refractivity contribution in [3.63, 3.8) is 0 Å². The third-order valence-corrected chi connectivity index (χ3v) is 3.31. The Morgan fingerprint density at radius 1 is 1.00 bits per heavy atom. The molecule has 0 saturated carbocycles. The van der Waals surface area contributed by atoms with Crippen molar-refractivity contribution in [2.75, 3.05) is 19.8 Å². The van der Waals surface area contributed by atoms with E-state index in [0.29, 0.717) is 19.8 Å². The number of carbonyl (C=O) groups is 1. The maximum absolute atomic E-state index is 11.7. The zero-order valence-corrected chi connectivity index (χ0v) is 14.1. The van der Waals surface area contributed by atoms with E-state index in [1.807, 2.05) is 62.4 Å². The van der Waals surface area contributed by atoms with E-state index in [1.165, 1.54) is 11.6 Å². The summed E-state index contributed by atoms with van der Waals surface area (Å²) in [5, 5.41) is 2.79. The number of hydrogen-bond acceptors (Lipinski definition) is 3. The first-order chi connectivity index (χ1) is 11.7. The maximum Gasteiger partial charge on any atom is 0.244 e. The molecule has 4 heteroatoms. The van der Waals surface area contributed by atoms with Gasteiger partial charge in [0, 0.05) is 6.08 Å². The molecule has 0 spiro atoms. The number of ether oxygens (including phenoxy) is 2. The van der Waals surface area contributed by atoms with Crippen LogP contribution in [0.2, 0.25) is 0 Å². The van der Waals surface area contributed by atoms with Gasteiger partial charge in [0.1, 0.15) is 18.1 Å². The van der Waals surface area contributed by atoms with Crippen LogP contribution < -0.4 is 14.8 Å². The molecule has 126 valence electrons. The largest absolute Gasteiger partial charge is 0.494 e. The van der Waals surface area contributed by atoms with Gasteiger partial charge in [-0.1, -0.05) is 29.8 Å². The molecule has 1 N–H and O–H groups in total. The summed E-state index contributed by atoms with van der Waals surface area (Å²) in [7, 11) is 0. The number of nitrogens with one attached hydrogen (secondary N) is 1. The summed E-state index contributed by atoms with van der Waals surface area (Å²) in [6, 6.07) is 15.4. The first-order valence-corrected chi connectivity index (χ1v) is 8.05. The molecule has 0 radical (unpaired) electrons. The van der Waals surface area contributed by atoms with Crippen molar-refractivity contribution in [1.29, 1.82) is 0 Å². The van der Waals surface area contributed by atoms with Crippen molar-refractivity contribution < 1.29 is 14.3 Å². The van der Waals surface area contributed by atoms with Crippen LogP contribution in [0.3, 0.4) is 0 Å². The van der Waals surface area contributed by atoms with Crippen molar-refractivity contribution in [2.24, 2.45) is 0 Å². The standard InChI is InChI=1S/C20H23NO3/c1-3-23-18-9-11-19(12-10-18)24-15-14-21-20(22)13-8-17-6-4-16(2)5-7-17/h4-13H,3,14-15H2,1-2H3,(H,21,22)/b13-8+. The molecule has 0 heterocycles. The van der Waals surface area contributed by atoms with Gasteiger partial charge in [-0.3, -0.25) is 4.79 Å². The molecule has 1 amide bonds. The monoisotopic (exact) mass is 325 g/mol. The number of hydrogen-bond donors (Lipinski definition) is 1. The average molecular weight is 325 g/mol. The first-order valence-electron chi connectivity index (χ1n) is 8.05. The van der Waals surface area contributed by atoms with Gasteiger partial charge < -0.3 is 14.8 Å². The third-order valence-electron chi connectivity index (χ3n) is 3.31. The lowest BCUT2D eigenvalue weighted by atomic mass is 10.1. The zero-order chi connectivity index (χ0) is 17.2. The Morgan fingerprint density at radius 2 is 1.62 bits per heavy atom. The average Bonchev–Trinajstić information content (AvgIpc) is 2.60. The van der Waals surface area contributed by atoms with Gasteiger partial charge in [-0.25, -0.2) is 0 Å². The van der Waals surface area contributed by atoms with Crippen LogP contribution in [0.5, 0.6) is 11.5 Å². The molecule has 2 aromatic rings. The highest BCUT2D eigenvalue weighted by Gasteiger charge is 1.98. The molecular formula is C20H23NO3. The normalized spacial score (nSPS) is 10.6. The van der Waals surface area contributed by atoms with E-state index in [2.05, 4.69) is 5.32 Å². The molecule has 0 saturated heterocycles. The summed E-state index contributed by atoms with van der Waals surface area (Å²) < 4.78 is 10.9. The van der Waals surface area contributed by atoms with E-state index < -0.39 is 0 Å². The predicted octanol–water partition coefficient (Wildman–Crippen LogP) is 3.60. The zero-order valence-electron chi connectivity index (χ0n) is 14.1. The second-order valence-electron chi connectivity index (χ2n) is 5.29. The fraction of sp³-hybridized carbons (Fsp3) is 0.250. The molecule has 0 aliphatic rings. The van der Waals surface area contributed by atoms with Crippen LogP contribution >= 0.6 is 0 Å². The Labute approximate surface area is 143 Å². The van der Waals surface area contributed by atoms with E-state index >= 15 is 0 Å². The Morgan fingerprint density at radius 3 is 2.25 bits per heavy atom. The van der Waals surface area contributed by atoms with E-state index in [-0.39, 0.29) is 5.91 Å². The highest BCUT2D eigenvalue weighted by atomic mass is 16.5. The van der Waals surface area contributed by atoms with Gasteiger partial charge in [-0.15, -0.1) is 0 Å². The lowest BCUT2D eigenvalue weighted by Crippen LogP contribution is -2.26. The Bertz CT molecular complexity index is 660. The molecule has 2 rings (SSSR count). The number of aryl methyl sites for hydroxylation is 1. The Hall–Kier alpha value is -2.75. The smallest absolute Gasteiger partial charge is 0.244 e.